The summed E-state index contributed by atoms with van der Waals surface area (Å²) in [6.07, 6.45) is 1.95. The highest BCUT2D eigenvalue weighted by atomic mass is 79.9. The summed E-state index contributed by atoms with van der Waals surface area (Å²) >= 11 is 9.59. The van der Waals surface area contributed by atoms with Gasteiger partial charge in [-0.25, -0.2) is 4.39 Å². The first-order valence-corrected chi connectivity index (χ1v) is 6.58. The molecule has 1 aromatic rings. The molecule has 16 heavy (non-hydrogen) atoms. The lowest BCUT2D eigenvalue weighted by atomic mass is 9.92. The molecule has 1 aliphatic rings. The molecule has 1 fully saturated rings. The summed E-state index contributed by atoms with van der Waals surface area (Å²) in [7, 11) is 0. The van der Waals surface area contributed by atoms with E-state index < -0.39 is 0 Å². The van der Waals surface area contributed by atoms with E-state index in [2.05, 4.69) is 15.9 Å². The Morgan fingerprint density at radius 1 is 1.38 bits per heavy atom. The first-order valence-electron chi connectivity index (χ1n) is 5.35. The fraction of sp³-hybridized carbons (Fsp3) is 0.500. The molecule has 1 atom stereocenters. The SMILES string of the molecule is Fc1ccc(C(Cl)C2CCOCC2)cc1Br. The van der Waals surface area contributed by atoms with Crippen LogP contribution in [0.1, 0.15) is 23.8 Å². The van der Waals surface area contributed by atoms with E-state index in [0.29, 0.717) is 10.4 Å². The Kier molecular flexibility index (Phi) is 4.22. The van der Waals surface area contributed by atoms with Crippen molar-refractivity contribution < 1.29 is 9.13 Å². The molecular formula is C12H13BrClFO. The van der Waals surface area contributed by atoms with Crippen LogP contribution < -0.4 is 0 Å². The smallest absolute Gasteiger partial charge is 0.137 e. The fourth-order valence-electron chi connectivity index (χ4n) is 1.96. The molecule has 2 rings (SSSR count). The maximum absolute atomic E-state index is 13.1. The summed E-state index contributed by atoms with van der Waals surface area (Å²) in [5.41, 5.74) is 0.974. The van der Waals surface area contributed by atoms with Crippen molar-refractivity contribution in [3.63, 3.8) is 0 Å². The van der Waals surface area contributed by atoms with E-state index in [9.17, 15) is 4.39 Å². The Morgan fingerprint density at radius 2 is 2.06 bits per heavy atom. The standard InChI is InChI=1S/C12H13BrClFO/c13-10-7-9(1-2-11(10)15)12(14)8-3-5-16-6-4-8/h1-2,7-8,12H,3-6H2. The molecule has 0 radical (unpaired) electrons. The van der Waals surface area contributed by atoms with E-state index in [4.69, 9.17) is 16.3 Å². The number of ether oxygens (including phenoxy) is 1. The summed E-state index contributed by atoms with van der Waals surface area (Å²) < 4.78 is 18.9. The second-order valence-electron chi connectivity index (χ2n) is 4.03. The summed E-state index contributed by atoms with van der Waals surface area (Å²) in [5.74, 6) is 0.173. The molecule has 0 aromatic heterocycles. The highest BCUT2D eigenvalue weighted by molar-refractivity contribution is 9.10. The van der Waals surface area contributed by atoms with E-state index >= 15 is 0 Å². The topological polar surface area (TPSA) is 9.23 Å². The van der Waals surface area contributed by atoms with Gasteiger partial charge in [-0.3, -0.25) is 0 Å². The van der Waals surface area contributed by atoms with Gasteiger partial charge in [-0.2, -0.15) is 0 Å². The molecule has 1 aliphatic heterocycles. The van der Waals surface area contributed by atoms with E-state index in [1.165, 1.54) is 6.07 Å². The highest BCUT2D eigenvalue weighted by Crippen LogP contribution is 2.36. The molecule has 0 bridgehead atoms. The fourth-order valence-corrected chi connectivity index (χ4v) is 2.75. The van der Waals surface area contributed by atoms with Gasteiger partial charge in [0, 0.05) is 13.2 Å². The van der Waals surface area contributed by atoms with Gasteiger partial charge in [0.15, 0.2) is 0 Å². The van der Waals surface area contributed by atoms with E-state index in [-0.39, 0.29) is 11.2 Å². The van der Waals surface area contributed by atoms with Crippen molar-refractivity contribution in [3.8, 4) is 0 Å². The molecule has 1 nitrogen and oxygen atoms in total. The van der Waals surface area contributed by atoms with Crippen molar-refractivity contribution in [2.45, 2.75) is 18.2 Å². The van der Waals surface area contributed by atoms with Gasteiger partial charge in [-0.1, -0.05) is 6.07 Å². The van der Waals surface area contributed by atoms with Gasteiger partial charge in [-0.15, -0.1) is 11.6 Å². The van der Waals surface area contributed by atoms with Crippen molar-refractivity contribution >= 4 is 27.5 Å². The molecule has 1 aromatic carbocycles. The molecule has 0 spiro atoms. The maximum atomic E-state index is 13.1. The van der Waals surface area contributed by atoms with Crippen LogP contribution in [0.2, 0.25) is 0 Å². The van der Waals surface area contributed by atoms with Crippen molar-refractivity contribution in [1.29, 1.82) is 0 Å². The molecule has 0 N–H and O–H groups in total. The lowest BCUT2D eigenvalue weighted by Crippen LogP contribution is -2.19. The number of hydrogen-bond acceptors (Lipinski definition) is 1. The van der Waals surface area contributed by atoms with Gasteiger partial charge in [-0.05, 0) is 52.4 Å². The Balaban J connectivity index is 2.12. The van der Waals surface area contributed by atoms with Crippen LogP contribution in [0, 0.1) is 11.7 Å². The molecule has 0 saturated carbocycles. The van der Waals surface area contributed by atoms with Crippen molar-refractivity contribution in [2.75, 3.05) is 13.2 Å². The van der Waals surface area contributed by atoms with Crippen molar-refractivity contribution in [1.82, 2.24) is 0 Å². The second kappa shape index (κ2) is 5.48. The summed E-state index contributed by atoms with van der Waals surface area (Å²) in [6, 6.07) is 4.98. The monoisotopic (exact) mass is 306 g/mol. The number of benzene rings is 1. The maximum Gasteiger partial charge on any atom is 0.137 e. The van der Waals surface area contributed by atoms with Crippen LogP contribution in [0.25, 0.3) is 0 Å². The molecule has 0 amide bonds. The van der Waals surface area contributed by atoms with Crippen LogP contribution in [0.15, 0.2) is 22.7 Å². The molecule has 4 heteroatoms. The Hall–Kier alpha value is -0.120. The molecule has 88 valence electrons. The van der Waals surface area contributed by atoms with Crippen molar-refractivity contribution in [3.05, 3.63) is 34.1 Å². The molecular weight excluding hydrogens is 294 g/mol. The minimum absolute atomic E-state index is 0.0548. The van der Waals surface area contributed by atoms with Gasteiger partial charge < -0.3 is 4.74 Å². The minimum atomic E-state index is -0.250. The lowest BCUT2D eigenvalue weighted by molar-refractivity contribution is 0.0650. The lowest BCUT2D eigenvalue weighted by Gasteiger charge is -2.26. The third-order valence-corrected chi connectivity index (χ3v) is 4.16. The van der Waals surface area contributed by atoms with Gasteiger partial charge in [0.2, 0.25) is 0 Å². The predicted octanol–water partition coefficient (Wildman–Crippen LogP) is 4.29. The van der Waals surface area contributed by atoms with E-state index in [0.717, 1.165) is 31.6 Å². The van der Waals surface area contributed by atoms with Crippen LogP contribution >= 0.6 is 27.5 Å². The van der Waals surface area contributed by atoms with Crippen LogP contribution in [0.5, 0.6) is 0 Å². The Labute approximate surface area is 108 Å². The Morgan fingerprint density at radius 3 is 2.69 bits per heavy atom. The van der Waals surface area contributed by atoms with Gasteiger partial charge in [0.05, 0.1) is 9.85 Å². The molecule has 0 aliphatic carbocycles. The summed E-state index contributed by atoms with van der Waals surface area (Å²) in [4.78, 5) is 0. The largest absolute Gasteiger partial charge is 0.381 e. The zero-order chi connectivity index (χ0) is 11.5. The predicted molar refractivity (Wildman–Crippen MR) is 66.2 cm³/mol. The van der Waals surface area contributed by atoms with Crippen LogP contribution in [-0.4, -0.2) is 13.2 Å². The van der Waals surface area contributed by atoms with E-state index in [1.807, 2.05) is 0 Å². The van der Waals surface area contributed by atoms with Gasteiger partial charge in [0.1, 0.15) is 5.82 Å². The number of rotatable bonds is 2. The normalized spacial score (nSPS) is 19.7. The van der Waals surface area contributed by atoms with Crippen molar-refractivity contribution in [2.24, 2.45) is 5.92 Å². The minimum Gasteiger partial charge on any atom is -0.381 e. The van der Waals surface area contributed by atoms with Crippen LogP contribution in [-0.2, 0) is 4.74 Å². The van der Waals surface area contributed by atoms with Crippen LogP contribution in [0.4, 0.5) is 4.39 Å². The zero-order valence-electron chi connectivity index (χ0n) is 8.76. The number of halogens is 3. The number of alkyl halides is 1. The summed E-state index contributed by atoms with van der Waals surface area (Å²) in [5, 5.41) is -0.0548. The molecule has 1 unspecified atom stereocenters. The second-order valence-corrected chi connectivity index (χ2v) is 5.35. The molecule has 1 heterocycles. The third-order valence-electron chi connectivity index (χ3n) is 2.94. The quantitative estimate of drug-likeness (QED) is 0.740. The van der Waals surface area contributed by atoms with Gasteiger partial charge in [0.25, 0.3) is 0 Å². The average Bonchev–Trinajstić information content (AvgIpc) is 2.33. The Bertz CT molecular complexity index is 366. The number of hydrogen-bond donors (Lipinski definition) is 0. The highest BCUT2D eigenvalue weighted by Gasteiger charge is 2.23. The first-order chi connectivity index (χ1) is 7.68. The third kappa shape index (κ3) is 2.76. The first kappa shape index (κ1) is 12.3. The molecule has 1 saturated heterocycles. The van der Waals surface area contributed by atoms with Gasteiger partial charge >= 0.3 is 0 Å². The van der Waals surface area contributed by atoms with Crippen LogP contribution in [0.3, 0.4) is 0 Å². The summed E-state index contributed by atoms with van der Waals surface area (Å²) in [6.45, 7) is 1.55. The zero-order valence-corrected chi connectivity index (χ0v) is 11.1. The average molecular weight is 308 g/mol. The van der Waals surface area contributed by atoms with E-state index in [1.54, 1.807) is 12.1 Å².